The van der Waals surface area contributed by atoms with Crippen LogP contribution in [-0.4, -0.2) is 28.0 Å². The molecule has 0 spiro atoms. The predicted octanol–water partition coefficient (Wildman–Crippen LogP) is 3.61. The average Bonchev–Trinajstić information content (AvgIpc) is 3.22. The molecule has 0 saturated carbocycles. The molecule has 0 saturated heterocycles. The van der Waals surface area contributed by atoms with Gasteiger partial charge in [0, 0.05) is 28.5 Å². The van der Waals surface area contributed by atoms with Crippen molar-refractivity contribution in [3.8, 4) is 11.1 Å². The first kappa shape index (κ1) is 17.9. The normalized spacial score (nSPS) is 15.9. The summed E-state index contributed by atoms with van der Waals surface area (Å²) in [7, 11) is 0. The maximum atomic E-state index is 12.3. The van der Waals surface area contributed by atoms with E-state index < -0.39 is 28.8 Å². The van der Waals surface area contributed by atoms with Gasteiger partial charge in [-0.15, -0.1) is 11.3 Å². The number of benzene rings is 1. The van der Waals surface area contributed by atoms with Crippen molar-refractivity contribution in [3.63, 3.8) is 0 Å². The number of carboxylic acid groups (broad SMARTS) is 1. The number of carbonyl (C=O) groups excluding carboxylic acids is 1. The Morgan fingerprint density at radius 2 is 2.04 bits per heavy atom. The summed E-state index contributed by atoms with van der Waals surface area (Å²) in [6.07, 6.45) is 0.175. The fourth-order valence-electron chi connectivity index (χ4n) is 2.42. The van der Waals surface area contributed by atoms with Gasteiger partial charge in [0.2, 0.25) is 0 Å². The average molecular weight is 395 g/mol. The standard InChI is InChI=1S/C16H11ClN2O6S/c17-9-3-1-8(2-4-9)10-7-26-15(13(10)16(21)22)18-14(20)11-5-6-12(25-11)19(23)24/h1-4,6-7,11H,5H2,(H,18,20)(H,21,22). The van der Waals surface area contributed by atoms with E-state index in [1.807, 2.05) is 0 Å². The first-order chi connectivity index (χ1) is 12.4. The summed E-state index contributed by atoms with van der Waals surface area (Å²) in [5, 5.41) is 24.9. The fourth-order valence-corrected chi connectivity index (χ4v) is 3.51. The second kappa shape index (κ2) is 7.14. The number of anilines is 1. The van der Waals surface area contributed by atoms with Crippen molar-refractivity contribution < 1.29 is 24.4 Å². The van der Waals surface area contributed by atoms with Gasteiger partial charge in [0.1, 0.15) is 15.5 Å². The summed E-state index contributed by atoms with van der Waals surface area (Å²) >= 11 is 6.89. The molecule has 10 heteroatoms. The topological polar surface area (TPSA) is 119 Å². The maximum absolute atomic E-state index is 12.3. The number of carbonyl (C=O) groups is 2. The van der Waals surface area contributed by atoms with E-state index in [0.717, 1.165) is 11.3 Å². The number of ether oxygens (including phenoxy) is 1. The largest absolute Gasteiger partial charge is 0.478 e. The number of nitrogens with zero attached hydrogens (tertiary/aromatic N) is 1. The summed E-state index contributed by atoms with van der Waals surface area (Å²) < 4.78 is 4.95. The number of nitro groups is 1. The molecule has 1 atom stereocenters. The first-order valence-corrected chi connectivity index (χ1v) is 8.55. The Balaban J connectivity index is 1.83. The zero-order chi connectivity index (χ0) is 18.8. The molecule has 1 aromatic heterocycles. The van der Waals surface area contributed by atoms with Crippen LogP contribution in [0.1, 0.15) is 16.8 Å². The van der Waals surface area contributed by atoms with E-state index >= 15 is 0 Å². The third-order valence-corrected chi connectivity index (χ3v) is 4.79. The highest BCUT2D eigenvalue weighted by molar-refractivity contribution is 7.15. The molecule has 0 bridgehead atoms. The number of hydrogen-bond acceptors (Lipinski definition) is 6. The minimum Gasteiger partial charge on any atom is -0.478 e. The van der Waals surface area contributed by atoms with Gasteiger partial charge < -0.3 is 15.2 Å². The number of nitrogens with one attached hydrogen (secondary N) is 1. The Bertz CT molecular complexity index is 921. The van der Waals surface area contributed by atoms with Crippen molar-refractivity contribution in [1.82, 2.24) is 0 Å². The van der Waals surface area contributed by atoms with Gasteiger partial charge in [-0.25, -0.2) is 4.79 Å². The van der Waals surface area contributed by atoms with Gasteiger partial charge >= 0.3 is 11.9 Å². The van der Waals surface area contributed by atoms with Crippen LogP contribution in [0.2, 0.25) is 5.02 Å². The van der Waals surface area contributed by atoms with Gasteiger partial charge in [-0.3, -0.25) is 14.9 Å². The summed E-state index contributed by atoms with van der Waals surface area (Å²) in [5.74, 6) is -2.34. The number of amides is 1. The molecule has 1 aliphatic heterocycles. The molecule has 2 heterocycles. The quantitative estimate of drug-likeness (QED) is 0.590. The van der Waals surface area contributed by atoms with Gasteiger partial charge in [-0.2, -0.15) is 0 Å². The van der Waals surface area contributed by atoms with Crippen LogP contribution < -0.4 is 5.32 Å². The predicted molar refractivity (Wildman–Crippen MR) is 94.9 cm³/mol. The molecule has 2 N–H and O–H groups in total. The third kappa shape index (κ3) is 3.53. The Labute approximate surface area is 155 Å². The monoisotopic (exact) mass is 394 g/mol. The molecular formula is C16H11ClN2O6S. The van der Waals surface area contributed by atoms with Crippen LogP contribution in [0.15, 0.2) is 41.6 Å². The van der Waals surface area contributed by atoms with Gasteiger partial charge in [-0.05, 0) is 17.7 Å². The van der Waals surface area contributed by atoms with E-state index in [4.69, 9.17) is 16.3 Å². The molecule has 0 aliphatic carbocycles. The number of aromatic carboxylic acids is 1. The molecule has 26 heavy (non-hydrogen) atoms. The van der Waals surface area contributed by atoms with E-state index in [2.05, 4.69) is 5.32 Å². The van der Waals surface area contributed by atoms with E-state index in [1.54, 1.807) is 29.6 Å². The van der Waals surface area contributed by atoms with Crippen LogP contribution >= 0.6 is 22.9 Å². The lowest BCUT2D eigenvalue weighted by atomic mass is 10.0. The molecule has 1 aromatic carbocycles. The first-order valence-electron chi connectivity index (χ1n) is 7.29. The smallest absolute Gasteiger partial charge is 0.424 e. The highest BCUT2D eigenvalue weighted by atomic mass is 35.5. The van der Waals surface area contributed by atoms with E-state index in [-0.39, 0.29) is 17.0 Å². The number of halogens is 1. The van der Waals surface area contributed by atoms with Crippen LogP contribution in [0, 0.1) is 10.1 Å². The van der Waals surface area contributed by atoms with Crippen LogP contribution in [0.4, 0.5) is 5.00 Å². The minimum absolute atomic E-state index is 0.0416. The molecule has 134 valence electrons. The third-order valence-electron chi connectivity index (χ3n) is 3.64. The Hall–Kier alpha value is -2.91. The van der Waals surface area contributed by atoms with Crippen LogP contribution in [0.5, 0.6) is 0 Å². The maximum Gasteiger partial charge on any atom is 0.424 e. The van der Waals surface area contributed by atoms with Crippen molar-refractivity contribution in [2.45, 2.75) is 12.5 Å². The zero-order valence-corrected chi connectivity index (χ0v) is 14.5. The van der Waals surface area contributed by atoms with E-state index in [1.165, 1.54) is 6.08 Å². The summed E-state index contributed by atoms with van der Waals surface area (Å²) in [6, 6.07) is 6.62. The fraction of sp³-hybridized carbons (Fsp3) is 0.125. The summed E-state index contributed by atoms with van der Waals surface area (Å²) in [6.45, 7) is 0. The number of thiophene rings is 1. The van der Waals surface area contributed by atoms with Gasteiger partial charge in [-0.1, -0.05) is 23.7 Å². The number of rotatable bonds is 5. The van der Waals surface area contributed by atoms with Gasteiger partial charge in [0.15, 0.2) is 6.10 Å². The van der Waals surface area contributed by atoms with Crippen molar-refractivity contribution in [2.75, 3.05) is 5.32 Å². The van der Waals surface area contributed by atoms with Crippen molar-refractivity contribution in [2.24, 2.45) is 0 Å². The molecule has 0 fully saturated rings. The van der Waals surface area contributed by atoms with Crippen LogP contribution in [-0.2, 0) is 9.53 Å². The summed E-state index contributed by atoms with van der Waals surface area (Å²) in [4.78, 5) is 33.9. The SMILES string of the molecule is O=C(O)c1c(-c2ccc(Cl)cc2)csc1NC(=O)C1CC=C([N+](=O)[O-])O1. The molecule has 1 unspecified atom stereocenters. The molecule has 0 radical (unpaired) electrons. The lowest BCUT2D eigenvalue weighted by Crippen LogP contribution is -2.28. The zero-order valence-electron chi connectivity index (χ0n) is 13.0. The summed E-state index contributed by atoms with van der Waals surface area (Å²) in [5.41, 5.74) is 1.01. The number of carboxylic acids is 1. The second-order valence-electron chi connectivity index (χ2n) is 5.30. The highest BCUT2D eigenvalue weighted by Crippen LogP contribution is 2.36. The Morgan fingerprint density at radius 3 is 2.62 bits per heavy atom. The van der Waals surface area contributed by atoms with Gasteiger partial charge in [0.25, 0.3) is 5.91 Å². The molecule has 2 aromatic rings. The number of hydrogen-bond donors (Lipinski definition) is 2. The second-order valence-corrected chi connectivity index (χ2v) is 6.61. The molecular weight excluding hydrogens is 384 g/mol. The molecule has 3 rings (SSSR count). The van der Waals surface area contributed by atoms with E-state index in [9.17, 15) is 24.8 Å². The molecule has 8 nitrogen and oxygen atoms in total. The van der Waals surface area contributed by atoms with Crippen LogP contribution in [0.3, 0.4) is 0 Å². The Kier molecular flexibility index (Phi) is 4.92. The van der Waals surface area contributed by atoms with Crippen LogP contribution in [0.25, 0.3) is 11.1 Å². The van der Waals surface area contributed by atoms with Crippen molar-refractivity contribution in [1.29, 1.82) is 0 Å². The van der Waals surface area contributed by atoms with Crippen molar-refractivity contribution in [3.05, 3.63) is 62.3 Å². The lowest BCUT2D eigenvalue weighted by Gasteiger charge is -2.10. The minimum atomic E-state index is -1.21. The van der Waals surface area contributed by atoms with E-state index in [0.29, 0.717) is 16.1 Å². The molecule has 1 aliphatic rings. The molecule has 1 amide bonds. The van der Waals surface area contributed by atoms with Crippen molar-refractivity contribution >= 4 is 39.8 Å². The highest BCUT2D eigenvalue weighted by Gasteiger charge is 2.33. The van der Waals surface area contributed by atoms with Gasteiger partial charge in [0.05, 0.1) is 0 Å². The lowest BCUT2D eigenvalue weighted by molar-refractivity contribution is -0.462. The Morgan fingerprint density at radius 1 is 1.35 bits per heavy atom.